The molecular weight excluding hydrogens is 284 g/mol. The number of carbonyl (C=O) groups is 2. The highest BCUT2D eigenvalue weighted by Gasteiger charge is 2.46. The van der Waals surface area contributed by atoms with Crippen LogP contribution < -0.4 is 0 Å². The summed E-state index contributed by atoms with van der Waals surface area (Å²) in [6, 6.07) is -0.666. The van der Waals surface area contributed by atoms with Gasteiger partial charge in [-0.15, -0.1) is 0 Å². The summed E-state index contributed by atoms with van der Waals surface area (Å²) in [5.41, 5.74) is -0.926. The largest absolute Gasteiger partial charge is 0.481 e. The van der Waals surface area contributed by atoms with E-state index in [4.69, 9.17) is 0 Å². The zero-order valence-corrected chi connectivity index (χ0v) is 12.5. The van der Waals surface area contributed by atoms with Gasteiger partial charge < -0.3 is 10.0 Å². The van der Waals surface area contributed by atoms with Crippen molar-refractivity contribution in [2.75, 3.05) is 25.9 Å². The predicted octanol–water partition coefficient (Wildman–Crippen LogP) is -0.266. The molecule has 2 rings (SSSR count). The molecule has 114 valence electrons. The van der Waals surface area contributed by atoms with Crippen molar-refractivity contribution in [3.05, 3.63) is 0 Å². The predicted molar refractivity (Wildman–Crippen MR) is 71.5 cm³/mol. The van der Waals surface area contributed by atoms with Gasteiger partial charge in [-0.25, -0.2) is 8.42 Å². The van der Waals surface area contributed by atoms with Gasteiger partial charge in [0, 0.05) is 19.6 Å². The van der Waals surface area contributed by atoms with Crippen LogP contribution in [0.25, 0.3) is 0 Å². The quantitative estimate of drug-likeness (QED) is 0.774. The van der Waals surface area contributed by atoms with E-state index in [1.165, 1.54) is 9.21 Å². The van der Waals surface area contributed by atoms with E-state index >= 15 is 0 Å². The second-order valence-corrected chi connectivity index (χ2v) is 7.84. The van der Waals surface area contributed by atoms with Crippen LogP contribution in [0.5, 0.6) is 0 Å². The lowest BCUT2D eigenvalue weighted by molar-refractivity contribution is -0.147. The molecule has 0 aromatic heterocycles. The molecule has 0 bridgehead atoms. The summed E-state index contributed by atoms with van der Waals surface area (Å²) in [7, 11) is -3.40. The summed E-state index contributed by atoms with van der Waals surface area (Å²) in [6.07, 6.45) is 2.67. The first-order chi connectivity index (χ1) is 9.15. The number of rotatable bonds is 3. The lowest BCUT2D eigenvalue weighted by Crippen LogP contribution is -2.47. The average molecular weight is 304 g/mol. The van der Waals surface area contributed by atoms with Crippen molar-refractivity contribution in [3.8, 4) is 0 Å². The van der Waals surface area contributed by atoms with Crippen LogP contribution in [-0.2, 0) is 19.6 Å². The second-order valence-electron chi connectivity index (χ2n) is 5.91. The van der Waals surface area contributed by atoms with Gasteiger partial charge in [0.1, 0.15) is 6.04 Å². The summed E-state index contributed by atoms with van der Waals surface area (Å²) < 4.78 is 24.5. The Bertz CT molecular complexity index is 532. The van der Waals surface area contributed by atoms with Gasteiger partial charge in [-0.05, 0) is 26.2 Å². The number of carboxylic acid groups (broad SMARTS) is 1. The maximum atomic E-state index is 12.4. The summed E-state index contributed by atoms with van der Waals surface area (Å²) >= 11 is 0. The van der Waals surface area contributed by atoms with Crippen LogP contribution in [0, 0.1) is 5.41 Å². The molecular formula is C12H20N2O5S. The van der Waals surface area contributed by atoms with E-state index in [2.05, 4.69) is 0 Å². The molecule has 0 unspecified atom stereocenters. The number of sulfonamides is 1. The molecule has 2 heterocycles. The van der Waals surface area contributed by atoms with Crippen molar-refractivity contribution in [2.24, 2.45) is 5.41 Å². The molecule has 2 atom stereocenters. The van der Waals surface area contributed by atoms with Crippen molar-refractivity contribution in [3.63, 3.8) is 0 Å². The molecule has 20 heavy (non-hydrogen) atoms. The topological polar surface area (TPSA) is 95.0 Å². The minimum absolute atomic E-state index is 0.148. The highest BCUT2D eigenvalue weighted by atomic mass is 32.2. The lowest BCUT2D eigenvalue weighted by Gasteiger charge is -2.27. The number of hydrogen-bond acceptors (Lipinski definition) is 4. The third-order valence-electron chi connectivity index (χ3n) is 4.22. The normalized spacial score (nSPS) is 31.7. The summed E-state index contributed by atoms with van der Waals surface area (Å²) in [5, 5.41) is 9.17. The smallest absolute Gasteiger partial charge is 0.311 e. The second kappa shape index (κ2) is 5.00. The Labute approximate surface area is 118 Å². The molecule has 8 heteroatoms. The maximum Gasteiger partial charge on any atom is 0.311 e. The fraction of sp³-hybridized carbons (Fsp3) is 0.833. The fourth-order valence-electron chi connectivity index (χ4n) is 2.92. The van der Waals surface area contributed by atoms with Crippen molar-refractivity contribution >= 4 is 21.9 Å². The molecule has 2 aliphatic heterocycles. The van der Waals surface area contributed by atoms with Gasteiger partial charge in [0.2, 0.25) is 15.9 Å². The minimum Gasteiger partial charge on any atom is -0.481 e. The monoisotopic (exact) mass is 304 g/mol. The first-order valence-electron chi connectivity index (χ1n) is 6.64. The Morgan fingerprint density at radius 3 is 2.45 bits per heavy atom. The number of hydrogen-bond donors (Lipinski definition) is 1. The van der Waals surface area contributed by atoms with Crippen molar-refractivity contribution < 1.29 is 23.1 Å². The first kappa shape index (κ1) is 15.2. The van der Waals surface area contributed by atoms with Crippen LogP contribution in [-0.4, -0.2) is 66.5 Å². The van der Waals surface area contributed by atoms with Gasteiger partial charge in [0.05, 0.1) is 11.7 Å². The zero-order valence-electron chi connectivity index (χ0n) is 11.7. The van der Waals surface area contributed by atoms with Crippen LogP contribution in [0.15, 0.2) is 0 Å². The Morgan fingerprint density at radius 1 is 1.30 bits per heavy atom. The van der Waals surface area contributed by atoms with E-state index < -0.39 is 27.4 Å². The van der Waals surface area contributed by atoms with Gasteiger partial charge in [-0.1, -0.05) is 0 Å². The van der Waals surface area contributed by atoms with Gasteiger partial charge in [-0.3, -0.25) is 9.59 Å². The fourth-order valence-corrected chi connectivity index (χ4v) is 4.04. The Kier molecular flexibility index (Phi) is 3.81. The Morgan fingerprint density at radius 2 is 1.95 bits per heavy atom. The van der Waals surface area contributed by atoms with Crippen molar-refractivity contribution in [1.29, 1.82) is 0 Å². The molecule has 1 amide bonds. The van der Waals surface area contributed by atoms with Gasteiger partial charge >= 0.3 is 5.97 Å². The molecule has 0 aromatic rings. The number of nitrogens with zero attached hydrogens (tertiary/aromatic N) is 2. The first-order valence-corrected chi connectivity index (χ1v) is 8.49. The summed E-state index contributed by atoms with van der Waals surface area (Å²) in [5.74, 6) is -1.18. The number of aliphatic carboxylic acids is 1. The van der Waals surface area contributed by atoms with Crippen LogP contribution in [0.1, 0.15) is 26.2 Å². The van der Waals surface area contributed by atoms with E-state index in [1.807, 2.05) is 0 Å². The molecule has 7 nitrogen and oxygen atoms in total. The van der Waals surface area contributed by atoms with E-state index in [0.717, 1.165) is 6.26 Å². The Balaban J connectivity index is 2.11. The van der Waals surface area contributed by atoms with Crippen LogP contribution in [0.3, 0.4) is 0 Å². The van der Waals surface area contributed by atoms with E-state index in [9.17, 15) is 23.1 Å². The molecule has 1 N–H and O–H groups in total. The molecule has 0 aromatic carbocycles. The molecule has 0 saturated carbocycles. The maximum absolute atomic E-state index is 12.4. The van der Waals surface area contributed by atoms with E-state index in [-0.39, 0.29) is 12.5 Å². The lowest BCUT2D eigenvalue weighted by atomic mass is 9.90. The molecule has 0 radical (unpaired) electrons. The average Bonchev–Trinajstić information content (AvgIpc) is 2.94. The third-order valence-corrected chi connectivity index (χ3v) is 5.51. The number of likely N-dealkylation sites (tertiary alicyclic amines) is 1. The van der Waals surface area contributed by atoms with Crippen molar-refractivity contribution in [1.82, 2.24) is 9.21 Å². The molecule has 2 saturated heterocycles. The highest BCUT2D eigenvalue weighted by molar-refractivity contribution is 7.88. The van der Waals surface area contributed by atoms with E-state index in [0.29, 0.717) is 32.4 Å². The highest BCUT2D eigenvalue weighted by Crippen LogP contribution is 2.32. The molecule has 2 fully saturated rings. The molecule has 0 spiro atoms. The van der Waals surface area contributed by atoms with Gasteiger partial charge in [-0.2, -0.15) is 4.31 Å². The van der Waals surface area contributed by atoms with Crippen molar-refractivity contribution in [2.45, 2.75) is 32.2 Å². The standard InChI is InChI=1S/C12H20N2O5S/c1-12(11(16)17)5-7-13(8-12)10(15)9-4-3-6-14(9)20(2,18)19/h9H,3-8H2,1-2H3,(H,16,17)/t9-,12+/m1/s1. The minimum atomic E-state index is -3.40. The summed E-state index contributed by atoms with van der Waals surface area (Å²) in [4.78, 5) is 25.1. The number of carbonyl (C=O) groups excluding carboxylic acids is 1. The SMILES string of the molecule is C[C@]1(C(=O)O)CCN(C(=O)[C@H]2CCCN2S(C)(=O)=O)C1. The van der Waals surface area contributed by atoms with Crippen LogP contribution in [0.2, 0.25) is 0 Å². The van der Waals surface area contributed by atoms with Gasteiger partial charge in [0.25, 0.3) is 0 Å². The Hall–Kier alpha value is -1.15. The zero-order chi connectivity index (χ0) is 15.1. The third kappa shape index (κ3) is 2.67. The van der Waals surface area contributed by atoms with Crippen LogP contribution in [0.4, 0.5) is 0 Å². The number of carboxylic acids is 1. The molecule has 2 aliphatic rings. The van der Waals surface area contributed by atoms with Gasteiger partial charge in [0.15, 0.2) is 0 Å². The number of amides is 1. The summed E-state index contributed by atoms with van der Waals surface area (Å²) in [6.45, 7) is 2.50. The van der Waals surface area contributed by atoms with E-state index in [1.54, 1.807) is 6.92 Å². The van der Waals surface area contributed by atoms with Crippen LogP contribution >= 0.6 is 0 Å². The molecule has 0 aliphatic carbocycles.